The molecule has 0 aliphatic carbocycles. The predicted octanol–water partition coefficient (Wildman–Crippen LogP) is 4.92. The van der Waals surface area contributed by atoms with Crippen molar-refractivity contribution in [3.8, 4) is 9.75 Å². The van der Waals surface area contributed by atoms with Crippen molar-refractivity contribution in [1.29, 1.82) is 0 Å². The third-order valence-electron chi connectivity index (χ3n) is 1.81. The Morgan fingerprint density at radius 2 is 1.21 bits per heavy atom. The average Bonchev–Trinajstić information content (AvgIpc) is 2.86. The molecule has 0 saturated carbocycles. The van der Waals surface area contributed by atoms with E-state index in [4.69, 9.17) is 0 Å². The summed E-state index contributed by atoms with van der Waals surface area (Å²) in [5, 5.41) is 0. The van der Waals surface area contributed by atoms with Crippen LogP contribution in [0.5, 0.6) is 0 Å². The first-order valence-corrected chi connectivity index (χ1v) is 8.20. The van der Waals surface area contributed by atoms with E-state index in [0.29, 0.717) is 0 Å². The highest BCUT2D eigenvalue weighted by molar-refractivity contribution is 8.00. The maximum absolute atomic E-state index is 2.21. The van der Waals surface area contributed by atoms with E-state index in [0.717, 1.165) is 0 Å². The highest BCUT2D eigenvalue weighted by Gasteiger charge is 2.05. The number of hydrogen-bond acceptors (Lipinski definition) is 4. The van der Waals surface area contributed by atoms with E-state index < -0.39 is 0 Å². The molecule has 0 amide bonds. The molecule has 0 fully saturated rings. The molecule has 0 unspecified atom stereocenters. The molecule has 2 aromatic rings. The van der Waals surface area contributed by atoms with Crippen molar-refractivity contribution in [2.45, 2.75) is 8.42 Å². The highest BCUT2D eigenvalue weighted by atomic mass is 32.2. The first-order valence-electron chi connectivity index (χ1n) is 4.11. The largest absolute Gasteiger partial charge is 0.128 e. The second-order valence-electron chi connectivity index (χ2n) is 2.65. The van der Waals surface area contributed by atoms with E-state index in [1.54, 1.807) is 0 Å². The first kappa shape index (κ1) is 10.6. The Balaban J connectivity index is 2.29. The predicted molar refractivity (Wildman–Crippen MR) is 71.2 cm³/mol. The summed E-state index contributed by atoms with van der Waals surface area (Å²) in [5.41, 5.74) is 0. The van der Waals surface area contributed by atoms with Gasteiger partial charge in [0.1, 0.15) is 0 Å². The van der Waals surface area contributed by atoms with Crippen molar-refractivity contribution < 1.29 is 0 Å². The molecular formula is C10H10S4. The van der Waals surface area contributed by atoms with Crippen molar-refractivity contribution in [2.24, 2.45) is 0 Å². The van der Waals surface area contributed by atoms with E-state index in [-0.39, 0.29) is 0 Å². The van der Waals surface area contributed by atoms with Crippen LogP contribution >= 0.6 is 46.2 Å². The summed E-state index contributed by atoms with van der Waals surface area (Å²) in [6.07, 6.45) is 4.24. The Bertz CT molecular complexity index is 373. The summed E-state index contributed by atoms with van der Waals surface area (Å²) in [4.78, 5) is 2.78. The van der Waals surface area contributed by atoms with Crippen LogP contribution in [0.1, 0.15) is 0 Å². The normalized spacial score (nSPS) is 10.7. The summed E-state index contributed by atoms with van der Waals surface area (Å²) < 4.78 is 2.78. The third kappa shape index (κ3) is 2.19. The fraction of sp³-hybridized carbons (Fsp3) is 0.200. The third-order valence-corrected chi connectivity index (χ3v) is 6.34. The summed E-state index contributed by atoms with van der Waals surface area (Å²) in [7, 11) is 0. The standard InChI is InChI=1S/C10H10S4/c1-11-9-5-3-7(13-9)8-4-6-10(12-2)14-8/h3-6H,1-2H3. The smallest absolute Gasteiger partial charge is 0.0602 e. The molecule has 0 aromatic carbocycles. The fourth-order valence-electron chi connectivity index (χ4n) is 1.12. The Hall–Kier alpha value is 0.1000. The van der Waals surface area contributed by atoms with Gasteiger partial charge in [0.25, 0.3) is 0 Å². The lowest BCUT2D eigenvalue weighted by Crippen LogP contribution is -1.55. The van der Waals surface area contributed by atoms with E-state index >= 15 is 0 Å². The van der Waals surface area contributed by atoms with Gasteiger partial charge in [-0.3, -0.25) is 0 Å². The van der Waals surface area contributed by atoms with Gasteiger partial charge in [-0.1, -0.05) is 0 Å². The number of thiophene rings is 2. The minimum atomic E-state index is 1.39. The molecule has 2 heterocycles. The zero-order valence-electron chi connectivity index (χ0n) is 7.94. The van der Waals surface area contributed by atoms with Gasteiger partial charge in [-0.25, -0.2) is 0 Å². The van der Waals surface area contributed by atoms with Crippen LogP contribution in [0.4, 0.5) is 0 Å². The number of thioether (sulfide) groups is 2. The molecule has 74 valence electrons. The molecule has 0 aliphatic rings. The Kier molecular flexibility index (Phi) is 3.60. The number of rotatable bonds is 3. The van der Waals surface area contributed by atoms with Gasteiger partial charge in [-0.05, 0) is 36.8 Å². The van der Waals surface area contributed by atoms with Crippen molar-refractivity contribution in [3.05, 3.63) is 24.3 Å². The van der Waals surface area contributed by atoms with Crippen LogP contribution in [0.25, 0.3) is 9.75 Å². The molecule has 14 heavy (non-hydrogen) atoms. The molecule has 0 bridgehead atoms. The maximum Gasteiger partial charge on any atom is 0.0602 e. The molecule has 0 saturated heterocycles. The van der Waals surface area contributed by atoms with Crippen LogP contribution < -0.4 is 0 Å². The molecule has 0 radical (unpaired) electrons. The molecule has 0 atom stereocenters. The van der Waals surface area contributed by atoms with Gasteiger partial charge in [-0.2, -0.15) is 0 Å². The van der Waals surface area contributed by atoms with Crippen LogP contribution in [0.2, 0.25) is 0 Å². The highest BCUT2D eigenvalue weighted by Crippen LogP contribution is 2.38. The molecule has 0 nitrogen and oxygen atoms in total. The molecular weight excluding hydrogens is 248 g/mol. The van der Waals surface area contributed by atoms with Gasteiger partial charge in [0.15, 0.2) is 0 Å². The van der Waals surface area contributed by atoms with Crippen molar-refractivity contribution in [2.75, 3.05) is 12.5 Å². The SMILES string of the molecule is CSc1ccc(-c2ccc(SC)s2)s1. The summed E-state index contributed by atoms with van der Waals surface area (Å²) in [6, 6.07) is 8.82. The Morgan fingerprint density at radius 1 is 0.786 bits per heavy atom. The van der Waals surface area contributed by atoms with Crippen molar-refractivity contribution in [1.82, 2.24) is 0 Å². The Morgan fingerprint density at radius 3 is 1.50 bits per heavy atom. The fourth-order valence-corrected chi connectivity index (χ4v) is 4.30. The van der Waals surface area contributed by atoms with Crippen molar-refractivity contribution in [3.63, 3.8) is 0 Å². The van der Waals surface area contributed by atoms with E-state index in [2.05, 4.69) is 36.8 Å². The summed E-state index contributed by atoms with van der Waals surface area (Å²) >= 11 is 7.38. The van der Waals surface area contributed by atoms with Crippen LogP contribution in [-0.2, 0) is 0 Å². The quantitative estimate of drug-likeness (QED) is 0.717. The molecule has 0 spiro atoms. The lowest BCUT2D eigenvalue weighted by atomic mass is 10.4. The number of hydrogen-bond donors (Lipinski definition) is 0. The summed E-state index contributed by atoms with van der Waals surface area (Å²) in [5.74, 6) is 0. The van der Waals surface area contributed by atoms with Crippen LogP contribution in [0.3, 0.4) is 0 Å². The molecule has 2 rings (SSSR count). The van der Waals surface area contributed by atoms with Gasteiger partial charge >= 0.3 is 0 Å². The van der Waals surface area contributed by atoms with Crippen LogP contribution in [-0.4, -0.2) is 12.5 Å². The average molecular weight is 258 g/mol. The second-order valence-corrected chi connectivity index (χ2v) is 7.03. The first-order chi connectivity index (χ1) is 6.83. The molecule has 4 heteroatoms. The molecule has 2 aromatic heterocycles. The van der Waals surface area contributed by atoms with Gasteiger partial charge < -0.3 is 0 Å². The van der Waals surface area contributed by atoms with Crippen LogP contribution in [0, 0.1) is 0 Å². The maximum atomic E-state index is 2.21. The second kappa shape index (κ2) is 4.75. The minimum absolute atomic E-state index is 1.39. The van der Waals surface area contributed by atoms with Crippen LogP contribution in [0.15, 0.2) is 32.7 Å². The van der Waals surface area contributed by atoms with Gasteiger partial charge in [0.05, 0.1) is 8.42 Å². The van der Waals surface area contributed by atoms with E-state index in [1.165, 1.54) is 18.2 Å². The van der Waals surface area contributed by atoms with Gasteiger partial charge in [-0.15, -0.1) is 46.2 Å². The minimum Gasteiger partial charge on any atom is -0.128 e. The molecule has 0 aliphatic heterocycles. The van der Waals surface area contributed by atoms with Gasteiger partial charge in [0.2, 0.25) is 0 Å². The van der Waals surface area contributed by atoms with E-state index in [9.17, 15) is 0 Å². The van der Waals surface area contributed by atoms with Gasteiger partial charge in [0, 0.05) is 9.75 Å². The Labute approximate surface area is 101 Å². The lowest BCUT2D eigenvalue weighted by Gasteiger charge is -1.89. The summed E-state index contributed by atoms with van der Waals surface area (Å²) in [6.45, 7) is 0. The topological polar surface area (TPSA) is 0 Å². The molecule has 0 N–H and O–H groups in total. The zero-order chi connectivity index (χ0) is 9.97. The lowest BCUT2D eigenvalue weighted by molar-refractivity contribution is 1.74. The monoisotopic (exact) mass is 258 g/mol. The van der Waals surface area contributed by atoms with E-state index in [1.807, 2.05) is 46.2 Å². The van der Waals surface area contributed by atoms with Crippen molar-refractivity contribution >= 4 is 46.2 Å². The zero-order valence-corrected chi connectivity index (χ0v) is 11.2.